The summed E-state index contributed by atoms with van der Waals surface area (Å²) in [6.45, 7) is 3.98. The van der Waals surface area contributed by atoms with E-state index in [0.717, 1.165) is 26.3 Å². The van der Waals surface area contributed by atoms with E-state index in [0.29, 0.717) is 5.92 Å². The highest BCUT2D eigenvalue weighted by Crippen LogP contribution is 2.40. The number of fused-ring (bicyclic) bond motifs is 1. The minimum absolute atomic E-state index is 0.265. The molecule has 0 saturated carbocycles. The molecule has 2 nitrogen and oxygen atoms in total. The van der Waals surface area contributed by atoms with Gasteiger partial charge < -0.3 is 10.1 Å². The van der Waals surface area contributed by atoms with Crippen molar-refractivity contribution in [2.24, 2.45) is 5.92 Å². The highest BCUT2D eigenvalue weighted by molar-refractivity contribution is 5.30. The lowest BCUT2D eigenvalue weighted by molar-refractivity contribution is 0.170. The molecule has 0 spiro atoms. The fraction of sp³-hybridized carbons (Fsp3) is 0.500. The third-order valence-corrected chi connectivity index (χ3v) is 3.64. The average Bonchev–Trinajstić information content (AvgIpc) is 2.77. The van der Waals surface area contributed by atoms with Gasteiger partial charge >= 0.3 is 0 Å². The SMILES string of the molecule is c1ccc(C23CNCC2COC3)cc1. The maximum Gasteiger partial charge on any atom is 0.0579 e. The van der Waals surface area contributed by atoms with Crippen molar-refractivity contribution in [3.05, 3.63) is 35.9 Å². The molecule has 2 unspecified atom stereocenters. The first-order valence-corrected chi connectivity index (χ1v) is 5.26. The quantitative estimate of drug-likeness (QED) is 0.716. The molecule has 14 heavy (non-hydrogen) atoms. The summed E-state index contributed by atoms with van der Waals surface area (Å²) in [5, 5.41) is 3.48. The summed E-state index contributed by atoms with van der Waals surface area (Å²) in [4.78, 5) is 0. The number of rotatable bonds is 1. The van der Waals surface area contributed by atoms with Crippen LogP contribution in [-0.2, 0) is 10.2 Å². The van der Waals surface area contributed by atoms with Crippen LogP contribution in [-0.4, -0.2) is 26.3 Å². The average molecular weight is 189 g/mol. The molecule has 2 saturated heterocycles. The van der Waals surface area contributed by atoms with Gasteiger partial charge in [0.05, 0.1) is 13.2 Å². The van der Waals surface area contributed by atoms with Crippen molar-refractivity contribution in [3.63, 3.8) is 0 Å². The van der Waals surface area contributed by atoms with Crippen LogP contribution in [0.2, 0.25) is 0 Å². The molecule has 0 bridgehead atoms. The van der Waals surface area contributed by atoms with Gasteiger partial charge in [-0.3, -0.25) is 0 Å². The van der Waals surface area contributed by atoms with E-state index in [-0.39, 0.29) is 5.41 Å². The third-order valence-electron chi connectivity index (χ3n) is 3.64. The van der Waals surface area contributed by atoms with E-state index < -0.39 is 0 Å². The Kier molecular flexibility index (Phi) is 1.85. The Morgan fingerprint density at radius 2 is 2.14 bits per heavy atom. The van der Waals surface area contributed by atoms with Crippen LogP contribution in [0.1, 0.15) is 5.56 Å². The van der Waals surface area contributed by atoms with Gasteiger partial charge in [-0.25, -0.2) is 0 Å². The number of nitrogens with one attached hydrogen (secondary N) is 1. The maximum atomic E-state index is 5.63. The van der Waals surface area contributed by atoms with Gasteiger partial charge in [-0.05, 0) is 5.56 Å². The molecule has 1 aromatic carbocycles. The van der Waals surface area contributed by atoms with E-state index in [1.54, 1.807) is 0 Å². The first-order valence-electron chi connectivity index (χ1n) is 5.26. The fourth-order valence-electron chi connectivity index (χ4n) is 2.77. The molecule has 3 rings (SSSR count). The second kappa shape index (κ2) is 3.07. The van der Waals surface area contributed by atoms with Crippen LogP contribution in [0, 0.1) is 5.92 Å². The Morgan fingerprint density at radius 1 is 1.29 bits per heavy atom. The lowest BCUT2D eigenvalue weighted by Crippen LogP contribution is -2.34. The van der Waals surface area contributed by atoms with Crippen molar-refractivity contribution in [1.82, 2.24) is 5.32 Å². The number of hydrogen-bond acceptors (Lipinski definition) is 2. The Hall–Kier alpha value is -0.860. The summed E-state index contributed by atoms with van der Waals surface area (Å²) in [6, 6.07) is 10.8. The number of hydrogen-bond donors (Lipinski definition) is 1. The minimum atomic E-state index is 0.265. The summed E-state index contributed by atoms with van der Waals surface area (Å²) in [5.74, 6) is 0.671. The van der Waals surface area contributed by atoms with Crippen molar-refractivity contribution in [2.75, 3.05) is 26.3 Å². The molecule has 1 N–H and O–H groups in total. The summed E-state index contributed by atoms with van der Waals surface area (Å²) >= 11 is 0. The molecule has 2 heterocycles. The summed E-state index contributed by atoms with van der Waals surface area (Å²) < 4.78 is 5.63. The summed E-state index contributed by atoms with van der Waals surface area (Å²) in [7, 11) is 0. The second-order valence-corrected chi connectivity index (χ2v) is 4.37. The lowest BCUT2D eigenvalue weighted by atomic mass is 9.75. The molecule has 2 atom stereocenters. The van der Waals surface area contributed by atoms with Crippen LogP contribution in [0.5, 0.6) is 0 Å². The third kappa shape index (κ3) is 1.04. The standard InChI is InChI=1S/C12H15NO/c1-2-4-10(5-3-1)12-8-13-6-11(12)7-14-9-12/h1-5,11,13H,6-9H2. The van der Waals surface area contributed by atoms with Gasteiger partial charge in [-0.2, -0.15) is 0 Å². The Morgan fingerprint density at radius 3 is 3.00 bits per heavy atom. The maximum absolute atomic E-state index is 5.63. The monoisotopic (exact) mass is 189 g/mol. The molecule has 0 aromatic heterocycles. The van der Waals surface area contributed by atoms with Crippen LogP contribution < -0.4 is 5.32 Å². The molecule has 2 fully saturated rings. The normalized spacial score (nSPS) is 35.9. The van der Waals surface area contributed by atoms with Gasteiger partial charge in [0.1, 0.15) is 0 Å². The first-order chi connectivity index (χ1) is 6.92. The van der Waals surface area contributed by atoms with E-state index in [1.165, 1.54) is 5.56 Å². The Bertz CT molecular complexity index is 312. The molecule has 1 aromatic rings. The summed E-state index contributed by atoms with van der Waals surface area (Å²) in [6.07, 6.45) is 0. The molecule has 74 valence electrons. The lowest BCUT2D eigenvalue weighted by Gasteiger charge is -2.26. The van der Waals surface area contributed by atoms with Gasteiger partial charge in [-0.15, -0.1) is 0 Å². The molecule has 2 aliphatic heterocycles. The molecule has 0 radical (unpaired) electrons. The first kappa shape index (κ1) is 8.45. The highest BCUT2D eigenvalue weighted by atomic mass is 16.5. The zero-order chi connectivity index (χ0) is 9.43. The fourth-order valence-corrected chi connectivity index (χ4v) is 2.77. The van der Waals surface area contributed by atoms with Gasteiger partial charge in [-0.1, -0.05) is 30.3 Å². The van der Waals surface area contributed by atoms with E-state index >= 15 is 0 Å². The Balaban J connectivity index is 2.03. The largest absolute Gasteiger partial charge is 0.380 e. The predicted molar refractivity (Wildman–Crippen MR) is 55.3 cm³/mol. The van der Waals surface area contributed by atoms with E-state index in [2.05, 4.69) is 35.6 Å². The highest BCUT2D eigenvalue weighted by Gasteiger charge is 2.48. The van der Waals surface area contributed by atoms with Gasteiger partial charge in [0.2, 0.25) is 0 Å². The number of benzene rings is 1. The van der Waals surface area contributed by atoms with Crippen molar-refractivity contribution in [3.8, 4) is 0 Å². The van der Waals surface area contributed by atoms with Gasteiger partial charge in [0, 0.05) is 24.4 Å². The second-order valence-electron chi connectivity index (χ2n) is 4.37. The van der Waals surface area contributed by atoms with Gasteiger partial charge in [0.25, 0.3) is 0 Å². The van der Waals surface area contributed by atoms with E-state index in [4.69, 9.17) is 4.74 Å². The van der Waals surface area contributed by atoms with Crippen molar-refractivity contribution < 1.29 is 4.74 Å². The number of ether oxygens (including phenoxy) is 1. The molecule has 2 heteroatoms. The minimum Gasteiger partial charge on any atom is -0.380 e. The smallest absolute Gasteiger partial charge is 0.0579 e. The van der Waals surface area contributed by atoms with Crippen LogP contribution in [0.15, 0.2) is 30.3 Å². The van der Waals surface area contributed by atoms with Crippen LogP contribution >= 0.6 is 0 Å². The predicted octanol–water partition coefficient (Wildman–Crippen LogP) is 1.17. The molecular formula is C12H15NO. The zero-order valence-corrected chi connectivity index (χ0v) is 8.20. The summed E-state index contributed by atoms with van der Waals surface area (Å²) in [5.41, 5.74) is 1.70. The van der Waals surface area contributed by atoms with E-state index in [1.807, 2.05) is 0 Å². The van der Waals surface area contributed by atoms with E-state index in [9.17, 15) is 0 Å². The van der Waals surface area contributed by atoms with Crippen LogP contribution in [0.3, 0.4) is 0 Å². The topological polar surface area (TPSA) is 21.3 Å². The molecular weight excluding hydrogens is 174 g/mol. The van der Waals surface area contributed by atoms with Crippen molar-refractivity contribution in [1.29, 1.82) is 0 Å². The molecule has 0 aliphatic carbocycles. The van der Waals surface area contributed by atoms with Crippen LogP contribution in [0.25, 0.3) is 0 Å². The van der Waals surface area contributed by atoms with Crippen molar-refractivity contribution >= 4 is 0 Å². The Labute approximate surface area is 84.3 Å². The van der Waals surface area contributed by atoms with Crippen LogP contribution in [0.4, 0.5) is 0 Å². The van der Waals surface area contributed by atoms with Crippen molar-refractivity contribution in [2.45, 2.75) is 5.41 Å². The zero-order valence-electron chi connectivity index (χ0n) is 8.20. The van der Waals surface area contributed by atoms with Gasteiger partial charge in [0.15, 0.2) is 0 Å². The molecule has 0 amide bonds. The molecule has 2 aliphatic rings.